The van der Waals surface area contributed by atoms with E-state index in [0.717, 1.165) is 35.1 Å². The molecule has 4 nitrogen and oxygen atoms in total. The molecule has 0 radical (unpaired) electrons. The first-order valence-corrected chi connectivity index (χ1v) is 7.06. The van der Waals surface area contributed by atoms with Crippen molar-refractivity contribution in [3.05, 3.63) is 44.7 Å². The standard InChI is InChI=1S/C14H15BrN2O2/c1-17(11-6-16-7-11)8-9-4-14(18)19-13-5-10(15)2-3-12(9)13/h2-5,11,16H,6-8H2,1H3. The van der Waals surface area contributed by atoms with Crippen LogP contribution in [0.1, 0.15) is 5.56 Å². The predicted molar refractivity (Wildman–Crippen MR) is 78.3 cm³/mol. The zero-order valence-electron chi connectivity index (χ0n) is 10.6. The van der Waals surface area contributed by atoms with Crippen LogP contribution >= 0.6 is 15.9 Å². The highest BCUT2D eigenvalue weighted by atomic mass is 79.9. The molecular weight excluding hydrogens is 308 g/mol. The number of halogens is 1. The summed E-state index contributed by atoms with van der Waals surface area (Å²) in [6.07, 6.45) is 0. The van der Waals surface area contributed by atoms with E-state index in [1.54, 1.807) is 6.07 Å². The van der Waals surface area contributed by atoms with Crippen molar-refractivity contribution >= 4 is 26.9 Å². The van der Waals surface area contributed by atoms with Gasteiger partial charge in [-0.1, -0.05) is 15.9 Å². The van der Waals surface area contributed by atoms with Gasteiger partial charge >= 0.3 is 5.63 Å². The zero-order valence-corrected chi connectivity index (χ0v) is 12.2. The fourth-order valence-electron chi connectivity index (χ4n) is 2.32. The van der Waals surface area contributed by atoms with Crippen LogP contribution in [0.25, 0.3) is 11.0 Å². The molecule has 0 atom stereocenters. The van der Waals surface area contributed by atoms with E-state index in [1.807, 2.05) is 18.2 Å². The lowest BCUT2D eigenvalue weighted by molar-refractivity contribution is 0.173. The summed E-state index contributed by atoms with van der Waals surface area (Å²) in [5, 5.41) is 4.26. The van der Waals surface area contributed by atoms with Gasteiger partial charge in [-0.05, 0) is 30.8 Å². The van der Waals surface area contributed by atoms with E-state index in [0.29, 0.717) is 11.6 Å². The van der Waals surface area contributed by atoms with Gasteiger partial charge in [0.25, 0.3) is 0 Å². The molecule has 1 saturated heterocycles. The molecule has 0 amide bonds. The Morgan fingerprint density at radius 1 is 1.42 bits per heavy atom. The van der Waals surface area contributed by atoms with Gasteiger partial charge in [0.05, 0.1) is 0 Å². The molecule has 3 rings (SSSR count). The highest BCUT2D eigenvalue weighted by Crippen LogP contribution is 2.23. The molecule has 2 aromatic rings. The maximum atomic E-state index is 11.6. The summed E-state index contributed by atoms with van der Waals surface area (Å²) in [4.78, 5) is 13.9. The number of hydrogen-bond donors (Lipinski definition) is 1. The van der Waals surface area contributed by atoms with Crippen LogP contribution in [0.5, 0.6) is 0 Å². The van der Waals surface area contributed by atoms with Crippen molar-refractivity contribution in [2.24, 2.45) is 0 Å². The van der Waals surface area contributed by atoms with E-state index in [2.05, 4.69) is 33.2 Å². The molecule has 1 aliphatic heterocycles. The Morgan fingerprint density at radius 2 is 2.21 bits per heavy atom. The van der Waals surface area contributed by atoms with Gasteiger partial charge in [0.15, 0.2) is 0 Å². The second-order valence-electron chi connectivity index (χ2n) is 4.96. The fourth-order valence-corrected chi connectivity index (χ4v) is 2.66. The van der Waals surface area contributed by atoms with Crippen LogP contribution in [-0.4, -0.2) is 31.1 Å². The first-order chi connectivity index (χ1) is 9.13. The highest BCUT2D eigenvalue weighted by Gasteiger charge is 2.22. The summed E-state index contributed by atoms with van der Waals surface area (Å²) < 4.78 is 6.16. The maximum absolute atomic E-state index is 11.6. The minimum absolute atomic E-state index is 0.291. The molecule has 1 fully saturated rings. The van der Waals surface area contributed by atoms with Crippen LogP contribution in [0, 0.1) is 0 Å². The largest absolute Gasteiger partial charge is 0.423 e. The molecule has 100 valence electrons. The number of nitrogens with zero attached hydrogens (tertiary/aromatic N) is 1. The van der Waals surface area contributed by atoms with Gasteiger partial charge in [0.2, 0.25) is 0 Å². The normalized spacial score (nSPS) is 15.9. The summed E-state index contributed by atoms with van der Waals surface area (Å²) in [5.41, 5.74) is 1.37. The van der Waals surface area contributed by atoms with Crippen LogP contribution < -0.4 is 10.9 Å². The third kappa shape index (κ3) is 2.59. The minimum atomic E-state index is -0.291. The summed E-state index contributed by atoms with van der Waals surface area (Å²) in [6.45, 7) is 2.79. The lowest BCUT2D eigenvalue weighted by Gasteiger charge is -2.35. The van der Waals surface area contributed by atoms with E-state index in [1.165, 1.54) is 0 Å². The Morgan fingerprint density at radius 3 is 2.89 bits per heavy atom. The highest BCUT2D eigenvalue weighted by molar-refractivity contribution is 9.10. The SMILES string of the molecule is CN(Cc1cc(=O)oc2cc(Br)ccc12)C1CNC1. The first-order valence-electron chi connectivity index (χ1n) is 6.27. The smallest absolute Gasteiger partial charge is 0.336 e. The van der Waals surface area contributed by atoms with Gasteiger partial charge < -0.3 is 9.73 Å². The molecule has 19 heavy (non-hydrogen) atoms. The fraction of sp³-hybridized carbons (Fsp3) is 0.357. The third-order valence-corrected chi connectivity index (χ3v) is 4.09. The van der Waals surface area contributed by atoms with Crippen molar-refractivity contribution < 1.29 is 4.42 Å². The summed E-state index contributed by atoms with van der Waals surface area (Å²) in [5.74, 6) is 0. The molecule has 5 heteroatoms. The quantitative estimate of drug-likeness (QED) is 0.877. The number of fused-ring (bicyclic) bond motifs is 1. The average Bonchev–Trinajstić information content (AvgIpc) is 2.25. The van der Waals surface area contributed by atoms with Gasteiger partial charge in [0, 0.05) is 41.6 Å². The Bertz CT molecular complexity index is 664. The Hall–Kier alpha value is -1.17. The van der Waals surface area contributed by atoms with Crippen LogP contribution in [0.4, 0.5) is 0 Å². The number of nitrogens with one attached hydrogen (secondary N) is 1. The van der Waals surface area contributed by atoms with Crippen molar-refractivity contribution in [3.8, 4) is 0 Å². The molecule has 1 aromatic heterocycles. The zero-order chi connectivity index (χ0) is 13.4. The maximum Gasteiger partial charge on any atom is 0.336 e. The monoisotopic (exact) mass is 322 g/mol. The van der Waals surface area contributed by atoms with Gasteiger partial charge in [-0.25, -0.2) is 4.79 Å². The molecule has 2 heterocycles. The van der Waals surface area contributed by atoms with Crippen molar-refractivity contribution in [2.45, 2.75) is 12.6 Å². The summed E-state index contributed by atoms with van der Waals surface area (Å²) >= 11 is 3.40. The molecule has 0 spiro atoms. The predicted octanol–water partition coefficient (Wildman–Crippen LogP) is 1.96. The number of hydrogen-bond acceptors (Lipinski definition) is 4. The first kappa shape index (κ1) is 12.8. The van der Waals surface area contributed by atoms with Crippen LogP contribution in [-0.2, 0) is 6.54 Å². The van der Waals surface area contributed by atoms with Crippen LogP contribution in [0.3, 0.4) is 0 Å². The molecule has 1 aromatic carbocycles. The van der Waals surface area contributed by atoms with Crippen molar-refractivity contribution in [2.75, 3.05) is 20.1 Å². The number of likely N-dealkylation sites (N-methyl/N-ethyl adjacent to an activating group) is 1. The van der Waals surface area contributed by atoms with Crippen LogP contribution in [0.15, 0.2) is 37.9 Å². The van der Waals surface area contributed by atoms with Gasteiger partial charge in [-0.3, -0.25) is 4.90 Å². The van der Waals surface area contributed by atoms with E-state index in [-0.39, 0.29) is 5.63 Å². The van der Waals surface area contributed by atoms with Gasteiger partial charge in [-0.2, -0.15) is 0 Å². The number of benzene rings is 1. The molecule has 0 aliphatic carbocycles. The van der Waals surface area contributed by atoms with Crippen molar-refractivity contribution in [3.63, 3.8) is 0 Å². The van der Waals surface area contributed by atoms with E-state index >= 15 is 0 Å². The molecule has 1 N–H and O–H groups in total. The second kappa shape index (κ2) is 5.07. The Balaban J connectivity index is 1.99. The van der Waals surface area contributed by atoms with E-state index in [4.69, 9.17) is 4.42 Å². The van der Waals surface area contributed by atoms with E-state index in [9.17, 15) is 4.79 Å². The van der Waals surface area contributed by atoms with Crippen molar-refractivity contribution in [1.82, 2.24) is 10.2 Å². The Labute approximate surface area is 119 Å². The molecule has 1 aliphatic rings. The third-order valence-electron chi connectivity index (χ3n) is 3.60. The summed E-state index contributed by atoms with van der Waals surface area (Å²) in [6, 6.07) is 7.95. The van der Waals surface area contributed by atoms with E-state index < -0.39 is 0 Å². The average molecular weight is 323 g/mol. The topological polar surface area (TPSA) is 45.5 Å². The Kier molecular flexibility index (Phi) is 3.43. The van der Waals surface area contributed by atoms with Crippen molar-refractivity contribution in [1.29, 1.82) is 0 Å². The molecule has 0 unspecified atom stereocenters. The minimum Gasteiger partial charge on any atom is -0.423 e. The molecular formula is C14H15BrN2O2. The molecule has 0 bridgehead atoms. The van der Waals surface area contributed by atoms with Crippen LogP contribution in [0.2, 0.25) is 0 Å². The lowest BCUT2D eigenvalue weighted by Crippen LogP contribution is -2.55. The number of rotatable bonds is 3. The van der Waals surface area contributed by atoms with Gasteiger partial charge in [-0.15, -0.1) is 0 Å². The summed E-state index contributed by atoms with van der Waals surface area (Å²) in [7, 11) is 2.09. The van der Waals surface area contributed by atoms with Gasteiger partial charge in [0.1, 0.15) is 5.58 Å². The molecule has 0 saturated carbocycles. The lowest BCUT2D eigenvalue weighted by atomic mass is 10.1. The second-order valence-corrected chi connectivity index (χ2v) is 5.87.